The van der Waals surface area contributed by atoms with Crippen molar-refractivity contribution >= 4 is 53.1 Å². The maximum absolute atomic E-state index is 12.6. The minimum absolute atomic E-state index is 0. The summed E-state index contributed by atoms with van der Waals surface area (Å²) in [6.07, 6.45) is 2.30. The lowest BCUT2D eigenvalue weighted by atomic mass is 10.0. The molecule has 0 saturated carbocycles. The van der Waals surface area contributed by atoms with E-state index in [1.807, 2.05) is 0 Å². The minimum Gasteiger partial charge on any atom is -0.353 e. The molecule has 0 aliphatic carbocycles. The van der Waals surface area contributed by atoms with Crippen LogP contribution in [-0.4, -0.2) is 37.5 Å². The van der Waals surface area contributed by atoms with Crippen LogP contribution in [0.3, 0.4) is 0 Å². The van der Waals surface area contributed by atoms with Crippen LogP contribution in [0.5, 0.6) is 0 Å². The fraction of sp³-hybridized carbons (Fsp3) is 0.500. The topological polar surface area (TPSA) is 61.4 Å². The Kier molecular flexibility index (Phi) is 6.75. The minimum atomic E-state index is -0.639. The maximum Gasteiger partial charge on any atom is 0.239 e. The molecule has 132 valence electrons. The quantitative estimate of drug-likeness (QED) is 0.777. The van der Waals surface area contributed by atoms with Crippen LogP contribution in [-0.2, 0) is 9.59 Å². The molecule has 1 aromatic rings. The van der Waals surface area contributed by atoms with Crippen LogP contribution in [0, 0.1) is 5.92 Å². The lowest BCUT2D eigenvalue weighted by molar-refractivity contribution is -0.132. The van der Waals surface area contributed by atoms with E-state index in [0.717, 1.165) is 25.9 Å². The molecule has 0 spiro atoms. The van der Waals surface area contributed by atoms with E-state index in [9.17, 15) is 9.59 Å². The van der Waals surface area contributed by atoms with Gasteiger partial charge in [-0.15, -0.1) is 12.4 Å². The van der Waals surface area contributed by atoms with Gasteiger partial charge in [-0.1, -0.05) is 23.2 Å². The Bertz CT molecular complexity index is 621. The molecule has 24 heavy (non-hydrogen) atoms. The van der Waals surface area contributed by atoms with Crippen LogP contribution < -0.4 is 15.5 Å². The smallest absolute Gasteiger partial charge is 0.239 e. The predicted molar refractivity (Wildman–Crippen MR) is 98.2 cm³/mol. The molecule has 2 N–H and O–H groups in total. The number of nitrogens with one attached hydrogen (secondary N) is 2. The highest BCUT2D eigenvalue weighted by molar-refractivity contribution is 6.36. The standard InChI is InChI=1S/C16H19Cl2N3O2.ClH/c17-10-1-2-13(18)14(9-10)21-8-5-12(16(21)23)15(22)20-11-3-6-19-7-4-11;/h1-2,9,11-12,19H,3-8H2,(H,20,22);1H. The molecule has 1 aromatic carbocycles. The van der Waals surface area contributed by atoms with Gasteiger partial charge in [0.15, 0.2) is 0 Å². The Morgan fingerprint density at radius 1 is 1.21 bits per heavy atom. The van der Waals surface area contributed by atoms with Crippen molar-refractivity contribution in [1.29, 1.82) is 0 Å². The highest BCUT2D eigenvalue weighted by Crippen LogP contribution is 2.33. The van der Waals surface area contributed by atoms with Crippen molar-refractivity contribution in [2.24, 2.45) is 5.92 Å². The summed E-state index contributed by atoms with van der Waals surface area (Å²) >= 11 is 12.2. The van der Waals surface area contributed by atoms with Crippen LogP contribution in [0.4, 0.5) is 5.69 Å². The molecule has 2 aliphatic rings. The van der Waals surface area contributed by atoms with Crippen LogP contribution >= 0.6 is 35.6 Å². The molecule has 3 rings (SSSR count). The SMILES string of the molecule is Cl.O=C(NC1CCNCC1)C1CCN(c2cc(Cl)ccc2Cl)C1=O. The fourth-order valence-corrected chi connectivity index (χ4v) is 3.51. The Labute approximate surface area is 157 Å². The molecule has 0 radical (unpaired) electrons. The van der Waals surface area contributed by atoms with Crippen molar-refractivity contribution in [3.8, 4) is 0 Å². The molecule has 2 saturated heterocycles. The third-order valence-corrected chi connectivity index (χ3v) is 4.96. The number of rotatable bonds is 3. The number of carbonyl (C=O) groups excluding carboxylic acids is 2. The van der Waals surface area contributed by atoms with E-state index in [1.165, 1.54) is 0 Å². The third-order valence-electron chi connectivity index (χ3n) is 4.41. The van der Waals surface area contributed by atoms with Gasteiger partial charge in [0.2, 0.25) is 11.8 Å². The summed E-state index contributed by atoms with van der Waals surface area (Å²) in [6.45, 7) is 2.27. The molecule has 2 heterocycles. The van der Waals surface area contributed by atoms with Gasteiger partial charge >= 0.3 is 0 Å². The summed E-state index contributed by atoms with van der Waals surface area (Å²) in [4.78, 5) is 26.6. The molecule has 2 amide bonds. The molecule has 5 nitrogen and oxygen atoms in total. The molecule has 2 aliphatic heterocycles. The molecule has 2 fully saturated rings. The Hall–Kier alpha value is -1.01. The average Bonchev–Trinajstić information content (AvgIpc) is 2.92. The van der Waals surface area contributed by atoms with E-state index in [4.69, 9.17) is 23.2 Å². The summed E-state index contributed by atoms with van der Waals surface area (Å²) in [5.41, 5.74) is 0.571. The Morgan fingerprint density at radius 3 is 2.62 bits per heavy atom. The van der Waals surface area contributed by atoms with E-state index in [0.29, 0.717) is 28.7 Å². The van der Waals surface area contributed by atoms with E-state index in [-0.39, 0.29) is 30.3 Å². The van der Waals surface area contributed by atoms with Crippen LogP contribution in [0.1, 0.15) is 19.3 Å². The number of hydrogen-bond acceptors (Lipinski definition) is 3. The van der Waals surface area contributed by atoms with Crippen molar-refractivity contribution in [2.75, 3.05) is 24.5 Å². The third kappa shape index (κ3) is 4.14. The second kappa shape index (κ2) is 8.39. The first-order valence-corrected chi connectivity index (χ1v) is 8.59. The van der Waals surface area contributed by atoms with Crippen molar-refractivity contribution < 1.29 is 9.59 Å². The second-order valence-electron chi connectivity index (χ2n) is 5.96. The summed E-state index contributed by atoms with van der Waals surface area (Å²) in [7, 11) is 0. The second-order valence-corrected chi connectivity index (χ2v) is 6.80. The average molecular weight is 393 g/mol. The summed E-state index contributed by atoms with van der Waals surface area (Å²) in [5.74, 6) is -1.02. The molecule has 0 aromatic heterocycles. The number of carbonyl (C=O) groups is 2. The lowest BCUT2D eigenvalue weighted by Crippen LogP contribution is -2.46. The molecule has 0 bridgehead atoms. The van der Waals surface area contributed by atoms with Crippen molar-refractivity contribution in [3.05, 3.63) is 28.2 Å². The van der Waals surface area contributed by atoms with Crippen LogP contribution in [0.25, 0.3) is 0 Å². The Balaban J connectivity index is 0.00000208. The molecule has 1 atom stereocenters. The molecule has 1 unspecified atom stereocenters. The zero-order valence-electron chi connectivity index (χ0n) is 13.1. The first-order chi connectivity index (χ1) is 11.1. The van der Waals surface area contributed by atoms with E-state index >= 15 is 0 Å². The number of halogens is 3. The van der Waals surface area contributed by atoms with E-state index in [1.54, 1.807) is 23.1 Å². The van der Waals surface area contributed by atoms with Gasteiger partial charge in [-0.2, -0.15) is 0 Å². The van der Waals surface area contributed by atoms with Gasteiger partial charge in [-0.05, 0) is 50.6 Å². The van der Waals surface area contributed by atoms with Crippen molar-refractivity contribution in [2.45, 2.75) is 25.3 Å². The van der Waals surface area contributed by atoms with E-state index < -0.39 is 5.92 Å². The van der Waals surface area contributed by atoms with Gasteiger partial charge in [0.1, 0.15) is 5.92 Å². The maximum atomic E-state index is 12.6. The Morgan fingerprint density at radius 2 is 1.92 bits per heavy atom. The molecular formula is C16H20Cl3N3O2. The van der Waals surface area contributed by atoms with Gasteiger partial charge in [-0.25, -0.2) is 0 Å². The zero-order valence-corrected chi connectivity index (χ0v) is 15.4. The molecular weight excluding hydrogens is 373 g/mol. The number of amides is 2. The normalized spacial score (nSPS) is 21.5. The summed E-state index contributed by atoms with van der Waals surface area (Å²) in [6, 6.07) is 5.15. The molecule has 8 heteroatoms. The lowest BCUT2D eigenvalue weighted by Gasteiger charge is -2.25. The summed E-state index contributed by atoms with van der Waals surface area (Å²) in [5, 5.41) is 7.23. The van der Waals surface area contributed by atoms with Gasteiger partial charge in [0.25, 0.3) is 0 Å². The van der Waals surface area contributed by atoms with Gasteiger partial charge in [0, 0.05) is 17.6 Å². The van der Waals surface area contributed by atoms with Crippen LogP contribution in [0.2, 0.25) is 10.0 Å². The summed E-state index contributed by atoms with van der Waals surface area (Å²) < 4.78 is 0. The van der Waals surface area contributed by atoms with Gasteiger partial charge in [0.05, 0.1) is 10.7 Å². The number of anilines is 1. The predicted octanol–water partition coefficient (Wildman–Crippen LogP) is 2.64. The highest BCUT2D eigenvalue weighted by Gasteiger charge is 2.39. The first-order valence-electron chi connectivity index (χ1n) is 7.84. The number of nitrogens with zero attached hydrogens (tertiary/aromatic N) is 1. The van der Waals surface area contributed by atoms with E-state index in [2.05, 4.69) is 10.6 Å². The number of hydrogen-bond donors (Lipinski definition) is 2. The number of piperidine rings is 1. The van der Waals surface area contributed by atoms with Gasteiger partial charge < -0.3 is 15.5 Å². The first kappa shape index (κ1) is 19.3. The van der Waals surface area contributed by atoms with Crippen molar-refractivity contribution in [1.82, 2.24) is 10.6 Å². The van der Waals surface area contributed by atoms with Gasteiger partial charge in [-0.3, -0.25) is 9.59 Å². The van der Waals surface area contributed by atoms with Crippen LogP contribution in [0.15, 0.2) is 18.2 Å². The van der Waals surface area contributed by atoms with Crippen molar-refractivity contribution in [3.63, 3.8) is 0 Å². The fourth-order valence-electron chi connectivity index (χ4n) is 3.12. The largest absolute Gasteiger partial charge is 0.353 e. The highest BCUT2D eigenvalue weighted by atomic mass is 35.5. The number of benzene rings is 1. The monoisotopic (exact) mass is 391 g/mol. The zero-order chi connectivity index (χ0) is 16.4.